The normalized spacial score (nSPS) is 24.9. The summed E-state index contributed by atoms with van der Waals surface area (Å²) in [5.41, 5.74) is 0.483. The van der Waals surface area contributed by atoms with Crippen molar-refractivity contribution in [2.75, 3.05) is 19.7 Å². The van der Waals surface area contributed by atoms with Crippen LogP contribution < -0.4 is 5.32 Å². The zero-order chi connectivity index (χ0) is 19.4. The van der Waals surface area contributed by atoms with Crippen LogP contribution in [-0.4, -0.2) is 46.6 Å². The van der Waals surface area contributed by atoms with Gasteiger partial charge in [0.15, 0.2) is 6.23 Å². The topological polar surface area (TPSA) is 41.6 Å². The molecule has 0 aromatic heterocycles. The van der Waals surface area contributed by atoms with Crippen LogP contribution in [0.5, 0.6) is 0 Å². The summed E-state index contributed by atoms with van der Waals surface area (Å²) in [7, 11) is 0. The van der Waals surface area contributed by atoms with Gasteiger partial charge in [-0.25, -0.2) is 0 Å². The Bertz CT molecular complexity index is 637. The summed E-state index contributed by atoms with van der Waals surface area (Å²) in [6.45, 7) is 2.80. The summed E-state index contributed by atoms with van der Waals surface area (Å²) in [4.78, 5) is 15.1. The Balaban J connectivity index is 1.61. The highest BCUT2D eigenvalue weighted by atomic mass is 79.9. The number of alkyl halides is 3. The smallest absolute Gasteiger partial charge is 0.253 e. The van der Waals surface area contributed by atoms with E-state index in [1.807, 2.05) is 0 Å². The van der Waals surface area contributed by atoms with E-state index in [9.17, 15) is 4.79 Å². The highest BCUT2D eigenvalue weighted by Crippen LogP contribution is 2.34. The molecule has 1 aromatic rings. The van der Waals surface area contributed by atoms with E-state index in [4.69, 9.17) is 39.5 Å². The number of rotatable bonds is 5. The van der Waals surface area contributed by atoms with E-state index in [2.05, 4.69) is 26.1 Å². The van der Waals surface area contributed by atoms with Crippen LogP contribution in [0.25, 0.3) is 0 Å². The van der Waals surface area contributed by atoms with E-state index >= 15 is 0 Å². The van der Waals surface area contributed by atoms with Gasteiger partial charge in [0.2, 0.25) is 3.79 Å². The first-order valence-electron chi connectivity index (χ1n) is 9.33. The Hall–Kier alpha value is -0.0400. The Labute approximate surface area is 184 Å². The lowest BCUT2D eigenvalue weighted by molar-refractivity contribution is -0.0325. The maximum absolute atomic E-state index is 12.5. The minimum atomic E-state index is -1.74. The van der Waals surface area contributed by atoms with Crippen molar-refractivity contribution in [2.24, 2.45) is 5.92 Å². The number of nitrogens with zero attached hydrogens (tertiary/aromatic N) is 1. The van der Waals surface area contributed by atoms with Crippen molar-refractivity contribution < 1.29 is 9.53 Å². The lowest BCUT2D eigenvalue weighted by atomic mass is 9.84. The van der Waals surface area contributed by atoms with Gasteiger partial charge in [-0.2, -0.15) is 0 Å². The summed E-state index contributed by atoms with van der Waals surface area (Å²) < 4.78 is 5.09. The number of piperidine rings is 2. The van der Waals surface area contributed by atoms with E-state index in [0.29, 0.717) is 24.1 Å². The third kappa shape index (κ3) is 5.97. The number of carbonyl (C=O) groups is 1. The molecule has 1 unspecified atom stereocenters. The van der Waals surface area contributed by atoms with Gasteiger partial charge in [0, 0.05) is 16.1 Å². The average Bonchev–Trinajstić information content (AvgIpc) is 2.64. The molecule has 0 spiro atoms. The van der Waals surface area contributed by atoms with Gasteiger partial charge in [-0.3, -0.25) is 4.79 Å². The summed E-state index contributed by atoms with van der Waals surface area (Å²) in [5, 5.41) is 2.72. The van der Waals surface area contributed by atoms with Gasteiger partial charge >= 0.3 is 0 Å². The molecule has 4 nitrogen and oxygen atoms in total. The predicted molar refractivity (Wildman–Crippen MR) is 114 cm³/mol. The van der Waals surface area contributed by atoms with E-state index in [1.165, 1.54) is 19.3 Å². The van der Waals surface area contributed by atoms with Crippen molar-refractivity contribution in [3.8, 4) is 0 Å². The van der Waals surface area contributed by atoms with Crippen molar-refractivity contribution in [1.82, 2.24) is 10.2 Å². The van der Waals surface area contributed by atoms with Crippen molar-refractivity contribution in [3.63, 3.8) is 0 Å². The Morgan fingerprint density at radius 3 is 2.59 bits per heavy atom. The van der Waals surface area contributed by atoms with Gasteiger partial charge in [0.1, 0.15) is 0 Å². The van der Waals surface area contributed by atoms with Crippen LogP contribution >= 0.6 is 50.7 Å². The monoisotopic (exact) mass is 496 g/mol. The SMILES string of the molecule is O=C(NC(OC[C@@H]1CCCN2CCCC[C@H]12)C(Cl)(Cl)Cl)c1ccc(Br)cc1. The van der Waals surface area contributed by atoms with Crippen LogP contribution in [0, 0.1) is 5.92 Å². The van der Waals surface area contributed by atoms with Crippen molar-refractivity contribution in [2.45, 2.75) is 48.2 Å². The fraction of sp³-hybridized carbons (Fsp3) is 0.632. The van der Waals surface area contributed by atoms with Crippen LogP contribution in [-0.2, 0) is 4.74 Å². The highest BCUT2D eigenvalue weighted by Gasteiger charge is 2.38. The highest BCUT2D eigenvalue weighted by molar-refractivity contribution is 9.10. The molecule has 0 saturated carbocycles. The molecular weight excluding hydrogens is 474 g/mol. The number of halogens is 4. The third-order valence-electron chi connectivity index (χ3n) is 5.37. The number of amides is 1. The van der Waals surface area contributed by atoms with Gasteiger partial charge in [-0.05, 0) is 69.0 Å². The second-order valence-corrected chi connectivity index (χ2v) is 10.5. The Kier molecular flexibility index (Phi) is 7.73. The van der Waals surface area contributed by atoms with Crippen LogP contribution in [0.3, 0.4) is 0 Å². The minimum absolute atomic E-state index is 0.332. The third-order valence-corrected chi connectivity index (χ3v) is 6.49. The second-order valence-electron chi connectivity index (χ2n) is 7.24. The van der Waals surface area contributed by atoms with Gasteiger partial charge in [-0.15, -0.1) is 0 Å². The van der Waals surface area contributed by atoms with Gasteiger partial charge < -0.3 is 15.0 Å². The maximum atomic E-state index is 12.5. The molecule has 0 bridgehead atoms. The molecule has 8 heteroatoms. The summed E-state index contributed by atoms with van der Waals surface area (Å²) in [5.74, 6) is 0.0697. The average molecular weight is 499 g/mol. The van der Waals surface area contributed by atoms with Gasteiger partial charge in [0.25, 0.3) is 5.91 Å². The minimum Gasteiger partial charge on any atom is -0.354 e. The molecule has 150 valence electrons. The molecule has 27 heavy (non-hydrogen) atoms. The molecule has 2 heterocycles. The first-order chi connectivity index (χ1) is 12.8. The number of benzene rings is 1. The number of carbonyl (C=O) groups excluding carboxylic acids is 1. The van der Waals surface area contributed by atoms with Crippen molar-refractivity contribution >= 4 is 56.6 Å². The fourth-order valence-electron chi connectivity index (χ4n) is 4.01. The molecule has 2 aliphatic rings. The van der Waals surface area contributed by atoms with E-state index in [-0.39, 0.29) is 5.91 Å². The molecule has 1 N–H and O–H groups in total. The molecular formula is C19H24BrCl3N2O2. The van der Waals surface area contributed by atoms with Crippen molar-refractivity contribution in [1.29, 1.82) is 0 Å². The number of hydrogen-bond acceptors (Lipinski definition) is 3. The standard InChI is InChI=1S/C19H24BrCl3N2O2/c20-15-8-6-13(7-9-15)17(26)24-18(19(21,22)23)27-12-14-4-3-11-25-10-2-1-5-16(14)25/h6-9,14,16,18H,1-5,10-12H2,(H,24,26)/t14-,16+,18?/m0/s1. The summed E-state index contributed by atoms with van der Waals surface area (Å²) >= 11 is 21.6. The van der Waals surface area contributed by atoms with Crippen LogP contribution in [0.15, 0.2) is 28.7 Å². The number of fused-ring (bicyclic) bond motifs is 1. The summed E-state index contributed by atoms with van der Waals surface area (Å²) in [6.07, 6.45) is 4.98. The first-order valence-corrected chi connectivity index (χ1v) is 11.3. The van der Waals surface area contributed by atoms with E-state index < -0.39 is 10.0 Å². The molecule has 2 aliphatic heterocycles. The lowest BCUT2D eigenvalue weighted by Crippen LogP contribution is -2.51. The van der Waals surface area contributed by atoms with E-state index in [0.717, 1.165) is 30.4 Å². The second kappa shape index (κ2) is 9.64. The van der Waals surface area contributed by atoms with Crippen LogP contribution in [0.4, 0.5) is 0 Å². The fourth-order valence-corrected chi connectivity index (χ4v) is 4.63. The quantitative estimate of drug-likeness (QED) is 0.451. The molecule has 2 fully saturated rings. The number of hydrogen-bond donors (Lipinski definition) is 1. The molecule has 0 aliphatic carbocycles. The first kappa shape index (κ1) is 21.7. The van der Waals surface area contributed by atoms with Gasteiger partial charge in [0.05, 0.1) is 6.61 Å². The number of nitrogens with one attached hydrogen (secondary N) is 1. The lowest BCUT2D eigenvalue weighted by Gasteiger charge is -2.44. The Morgan fingerprint density at radius 1 is 1.19 bits per heavy atom. The maximum Gasteiger partial charge on any atom is 0.253 e. The largest absolute Gasteiger partial charge is 0.354 e. The predicted octanol–water partition coefficient (Wildman–Crippen LogP) is 5.16. The zero-order valence-corrected chi connectivity index (χ0v) is 18.8. The molecule has 1 amide bonds. The van der Waals surface area contributed by atoms with Crippen LogP contribution in [0.1, 0.15) is 42.5 Å². The molecule has 3 atom stereocenters. The van der Waals surface area contributed by atoms with Crippen molar-refractivity contribution in [3.05, 3.63) is 34.3 Å². The number of ether oxygens (including phenoxy) is 1. The summed E-state index contributed by atoms with van der Waals surface area (Å²) in [6, 6.07) is 7.52. The molecule has 2 saturated heterocycles. The zero-order valence-electron chi connectivity index (χ0n) is 15.0. The van der Waals surface area contributed by atoms with Gasteiger partial charge in [-0.1, -0.05) is 57.2 Å². The Morgan fingerprint density at radius 2 is 1.89 bits per heavy atom. The van der Waals surface area contributed by atoms with Crippen LogP contribution in [0.2, 0.25) is 0 Å². The molecule has 0 radical (unpaired) electrons. The molecule has 1 aromatic carbocycles. The molecule has 3 rings (SSSR count). The van der Waals surface area contributed by atoms with E-state index in [1.54, 1.807) is 24.3 Å².